The Kier molecular flexibility index (Phi) is 3.71. The van der Waals surface area contributed by atoms with E-state index in [1.807, 2.05) is 0 Å². The van der Waals surface area contributed by atoms with Crippen LogP contribution in [0.1, 0.15) is 6.92 Å². The van der Waals surface area contributed by atoms with E-state index >= 15 is 0 Å². The highest BCUT2D eigenvalue weighted by atomic mass is 19.1. The Morgan fingerprint density at radius 1 is 1.23 bits per heavy atom. The molecule has 1 atom stereocenters. The summed E-state index contributed by atoms with van der Waals surface area (Å²) in [6.07, 6.45) is 0. The molecule has 0 aromatic heterocycles. The van der Waals surface area contributed by atoms with E-state index in [0.29, 0.717) is 0 Å². The van der Waals surface area contributed by atoms with Gasteiger partial charge in [-0.1, -0.05) is 0 Å². The number of nitrogens with two attached hydrogens (primary N) is 2. The van der Waals surface area contributed by atoms with Crippen molar-refractivity contribution in [3.63, 3.8) is 0 Å². The molecule has 0 saturated heterocycles. The second kappa shape index (κ2) is 3.95. The summed E-state index contributed by atoms with van der Waals surface area (Å²) in [5.74, 6) is -1.12. The molecule has 0 aliphatic heterocycles. The normalized spacial score (nSPS) is 16.7. The number of rotatable bonds is 5. The van der Waals surface area contributed by atoms with E-state index in [1.165, 1.54) is 0 Å². The molecule has 0 aliphatic rings. The van der Waals surface area contributed by atoms with Gasteiger partial charge in [-0.3, -0.25) is 18.0 Å². The molecular formula is C7H13F3N2O. The summed E-state index contributed by atoms with van der Waals surface area (Å²) in [5.41, 5.74) is 5.92. The number of alkyl halides is 3. The largest absolute Gasteiger partial charge is 0.368 e. The van der Waals surface area contributed by atoms with E-state index in [9.17, 15) is 18.0 Å². The molecule has 1 amide bonds. The zero-order chi connectivity index (χ0) is 10.7. The molecule has 0 radical (unpaired) electrons. The fourth-order valence-corrected chi connectivity index (χ4v) is 0.785. The highest BCUT2D eigenvalue weighted by Gasteiger charge is 2.50. The van der Waals surface area contributed by atoms with Crippen LogP contribution in [0.5, 0.6) is 0 Å². The lowest BCUT2D eigenvalue weighted by molar-refractivity contribution is -0.129. The van der Waals surface area contributed by atoms with Crippen molar-refractivity contribution in [3.05, 3.63) is 0 Å². The van der Waals surface area contributed by atoms with Crippen molar-refractivity contribution >= 4 is 5.91 Å². The van der Waals surface area contributed by atoms with Crippen LogP contribution in [-0.2, 0) is 4.79 Å². The van der Waals surface area contributed by atoms with Crippen LogP contribution in [0.4, 0.5) is 13.2 Å². The van der Waals surface area contributed by atoms with Gasteiger partial charge in [0.1, 0.15) is 25.6 Å². The summed E-state index contributed by atoms with van der Waals surface area (Å²) >= 11 is 0. The maximum Gasteiger partial charge on any atom is 0.238 e. The highest BCUT2D eigenvalue weighted by Crippen LogP contribution is 2.31. The van der Waals surface area contributed by atoms with Crippen LogP contribution in [-0.4, -0.2) is 31.5 Å². The van der Waals surface area contributed by atoms with Crippen molar-refractivity contribution in [1.82, 2.24) is 0 Å². The van der Waals surface area contributed by atoms with Gasteiger partial charge >= 0.3 is 0 Å². The van der Waals surface area contributed by atoms with E-state index in [4.69, 9.17) is 11.5 Å². The lowest BCUT2D eigenvalue weighted by Crippen LogP contribution is -2.64. The van der Waals surface area contributed by atoms with Gasteiger partial charge in [0.05, 0.1) is 5.41 Å². The first-order chi connectivity index (χ1) is 5.88. The van der Waals surface area contributed by atoms with Crippen LogP contribution in [0.3, 0.4) is 0 Å². The van der Waals surface area contributed by atoms with E-state index < -0.39 is 36.9 Å². The third kappa shape index (κ3) is 1.77. The number of hydrogen-bond acceptors (Lipinski definition) is 2. The van der Waals surface area contributed by atoms with Gasteiger partial charge in [-0.05, 0) is 6.92 Å². The first-order valence-electron chi connectivity index (χ1n) is 3.64. The maximum absolute atomic E-state index is 12.4. The predicted molar refractivity (Wildman–Crippen MR) is 42.1 cm³/mol. The minimum Gasteiger partial charge on any atom is -0.368 e. The molecular weight excluding hydrogens is 185 g/mol. The van der Waals surface area contributed by atoms with E-state index in [1.54, 1.807) is 0 Å². The average Bonchev–Trinajstić information content (AvgIpc) is 2.08. The number of primary amides is 1. The molecule has 6 heteroatoms. The third-order valence-corrected chi connectivity index (χ3v) is 2.38. The van der Waals surface area contributed by atoms with Crippen LogP contribution >= 0.6 is 0 Å². The molecule has 0 aromatic rings. The highest BCUT2D eigenvalue weighted by molar-refractivity contribution is 5.85. The average molecular weight is 198 g/mol. The van der Waals surface area contributed by atoms with Crippen molar-refractivity contribution < 1.29 is 18.0 Å². The molecule has 0 fully saturated rings. The monoisotopic (exact) mass is 198 g/mol. The molecule has 0 heterocycles. The summed E-state index contributed by atoms with van der Waals surface area (Å²) in [6, 6.07) is 0. The van der Waals surface area contributed by atoms with Crippen LogP contribution in [0.2, 0.25) is 0 Å². The number of hydrogen-bond donors (Lipinski definition) is 2. The van der Waals surface area contributed by atoms with Gasteiger partial charge in [0, 0.05) is 0 Å². The molecule has 3 nitrogen and oxygen atoms in total. The van der Waals surface area contributed by atoms with Crippen molar-refractivity contribution in [2.75, 3.05) is 20.0 Å². The lowest BCUT2D eigenvalue weighted by atomic mass is 9.73. The Bertz CT molecular complexity index is 184. The number of amides is 1. The lowest BCUT2D eigenvalue weighted by Gasteiger charge is -2.37. The van der Waals surface area contributed by atoms with Gasteiger partial charge in [0.15, 0.2) is 0 Å². The van der Waals surface area contributed by atoms with Gasteiger partial charge in [-0.15, -0.1) is 0 Å². The fraction of sp³-hybridized carbons (Fsp3) is 0.857. The Morgan fingerprint density at radius 3 is 1.62 bits per heavy atom. The van der Waals surface area contributed by atoms with Crippen molar-refractivity contribution in [3.8, 4) is 0 Å². The summed E-state index contributed by atoms with van der Waals surface area (Å²) in [5, 5.41) is 0. The molecule has 0 unspecified atom stereocenters. The number of carbonyl (C=O) groups is 1. The Balaban J connectivity index is 5.02. The van der Waals surface area contributed by atoms with E-state index in [-0.39, 0.29) is 0 Å². The molecule has 0 aromatic carbocycles. The molecule has 13 heavy (non-hydrogen) atoms. The standard InChI is InChI=1S/C7H13F3N2O/c1-6(12,5(11)13)7(2-8,3-9)4-10/h2-4,12H2,1H3,(H2,11,13)/t6-/m1/s1. The Labute approximate surface area is 74.3 Å². The summed E-state index contributed by atoms with van der Waals surface area (Å²) in [7, 11) is 0. The zero-order valence-electron chi connectivity index (χ0n) is 7.32. The topological polar surface area (TPSA) is 69.1 Å². The summed E-state index contributed by atoms with van der Waals surface area (Å²) in [4.78, 5) is 10.7. The van der Waals surface area contributed by atoms with Gasteiger partial charge in [-0.2, -0.15) is 0 Å². The van der Waals surface area contributed by atoms with Crippen LogP contribution in [0.25, 0.3) is 0 Å². The maximum atomic E-state index is 12.4. The smallest absolute Gasteiger partial charge is 0.238 e. The van der Waals surface area contributed by atoms with Gasteiger partial charge in [0.25, 0.3) is 0 Å². The minimum absolute atomic E-state index is 1.02. The number of halogens is 3. The Morgan fingerprint density at radius 2 is 1.54 bits per heavy atom. The molecule has 78 valence electrons. The molecule has 0 bridgehead atoms. The molecule has 0 rings (SSSR count). The molecule has 0 saturated carbocycles. The van der Waals surface area contributed by atoms with Gasteiger partial charge in [-0.25, -0.2) is 0 Å². The predicted octanol–water partition coefficient (Wildman–Crippen LogP) is 0.0840. The third-order valence-electron chi connectivity index (χ3n) is 2.38. The molecule has 4 N–H and O–H groups in total. The molecule has 0 spiro atoms. The quantitative estimate of drug-likeness (QED) is 0.657. The second-order valence-electron chi connectivity index (χ2n) is 3.25. The van der Waals surface area contributed by atoms with Crippen molar-refractivity contribution in [1.29, 1.82) is 0 Å². The van der Waals surface area contributed by atoms with Crippen LogP contribution < -0.4 is 11.5 Å². The summed E-state index contributed by atoms with van der Waals surface area (Å²) < 4.78 is 37.2. The van der Waals surface area contributed by atoms with Gasteiger partial charge in [0.2, 0.25) is 5.91 Å². The summed E-state index contributed by atoms with van der Waals surface area (Å²) in [6.45, 7) is -3.07. The first-order valence-corrected chi connectivity index (χ1v) is 3.64. The Hall–Kier alpha value is -0.780. The van der Waals surface area contributed by atoms with Crippen molar-refractivity contribution in [2.45, 2.75) is 12.5 Å². The van der Waals surface area contributed by atoms with E-state index in [2.05, 4.69) is 0 Å². The minimum atomic E-state index is -2.15. The molecule has 0 aliphatic carbocycles. The van der Waals surface area contributed by atoms with Gasteiger partial charge < -0.3 is 11.5 Å². The van der Waals surface area contributed by atoms with Crippen molar-refractivity contribution in [2.24, 2.45) is 16.9 Å². The number of carbonyl (C=O) groups excluding carboxylic acids is 1. The SMILES string of the molecule is C[C@@](N)(C(N)=O)C(CF)(CF)CF. The zero-order valence-corrected chi connectivity index (χ0v) is 7.32. The van der Waals surface area contributed by atoms with E-state index in [0.717, 1.165) is 6.92 Å². The van der Waals surface area contributed by atoms with Crippen LogP contribution in [0, 0.1) is 5.41 Å². The fourth-order valence-electron chi connectivity index (χ4n) is 0.785. The first kappa shape index (κ1) is 12.2. The second-order valence-corrected chi connectivity index (χ2v) is 3.25. The van der Waals surface area contributed by atoms with Crippen LogP contribution in [0.15, 0.2) is 0 Å².